The van der Waals surface area contributed by atoms with Crippen LogP contribution in [0.1, 0.15) is 27.7 Å². The van der Waals surface area contributed by atoms with E-state index in [-0.39, 0.29) is 11.7 Å². The van der Waals surface area contributed by atoms with Crippen LogP contribution in [0.2, 0.25) is 0 Å². The molecule has 0 spiro atoms. The smallest absolute Gasteiger partial charge is 0.133 e. The van der Waals surface area contributed by atoms with Gasteiger partial charge in [-0.25, -0.2) is 0 Å². The lowest BCUT2D eigenvalue weighted by molar-refractivity contribution is -0.120. The zero-order chi connectivity index (χ0) is 10.6. The molecule has 3 N–H and O–H groups in total. The summed E-state index contributed by atoms with van der Waals surface area (Å²) in [4.78, 5) is 10.5. The van der Waals surface area contributed by atoms with Crippen molar-refractivity contribution in [3.05, 3.63) is 0 Å². The van der Waals surface area contributed by atoms with Gasteiger partial charge in [-0.1, -0.05) is 20.8 Å². The summed E-state index contributed by atoms with van der Waals surface area (Å²) in [6, 6.07) is 0. The van der Waals surface area contributed by atoms with Crippen LogP contribution in [-0.2, 0) is 4.79 Å². The van der Waals surface area contributed by atoms with E-state index >= 15 is 0 Å². The molecule has 0 aromatic carbocycles. The third-order valence-electron chi connectivity index (χ3n) is 1.20. The Labute approximate surface area is 76.7 Å². The van der Waals surface area contributed by atoms with Crippen molar-refractivity contribution >= 4 is 5.78 Å². The van der Waals surface area contributed by atoms with Gasteiger partial charge in [0, 0.05) is 12.5 Å². The number of nitrogens with two attached hydrogens (primary N) is 1. The molecule has 0 aliphatic rings. The minimum Gasteiger partial charge on any atom is -0.333 e. The second kappa shape index (κ2) is 16.9. The Morgan fingerprint density at radius 2 is 1.75 bits per heavy atom. The molecule has 0 aliphatic carbocycles. The number of carbonyl (C=O) groups is 1. The summed E-state index contributed by atoms with van der Waals surface area (Å²) >= 11 is 0. The number of hydrogen-bond acceptors (Lipinski definition) is 3. The Bertz CT molecular complexity index is 84.6. The predicted molar refractivity (Wildman–Crippen MR) is 55.2 cm³/mol. The van der Waals surface area contributed by atoms with Gasteiger partial charge in [0.15, 0.2) is 0 Å². The fourth-order valence-corrected chi connectivity index (χ4v) is 0.450. The second-order valence-electron chi connectivity index (χ2n) is 2.07. The molecule has 0 radical (unpaired) electrons. The van der Waals surface area contributed by atoms with Crippen molar-refractivity contribution in [2.75, 3.05) is 20.6 Å². The van der Waals surface area contributed by atoms with Gasteiger partial charge >= 0.3 is 0 Å². The lowest BCUT2D eigenvalue weighted by Gasteiger charge is -2.03. The van der Waals surface area contributed by atoms with Crippen LogP contribution in [0, 0.1) is 5.92 Å². The average molecular weight is 176 g/mol. The van der Waals surface area contributed by atoms with Crippen molar-refractivity contribution in [3.63, 3.8) is 0 Å². The maximum absolute atomic E-state index is 10.5. The fraction of sp³-hybridized carbons (Fsp3) is 0.889. The molecule has 0 heterocycles. The monoisotopic (exact) mass is 176 g/mol. The van der Waals surface area contributed by atoms with Crippen molar-refractivity contribution in [1.82, 2.24) is 5.32 Å². The van der Waals surface area contributed by atoms with Crippen molar-refractivity contribution < 1.29 is 4.79 Å². The standard InChI is InChI=1S/C6H13NO.C2H6.CH5N/c1-5(4-7-3)6(2)8;2*1-2/h5,7H,4H2,1-3H3;1-2H3;2H2,1H3. The van der Waals surface area contributed by atoms with E-state index in [0.717, 1.165) is 6.54 Å². The summed E-state index contributed by atoms with van der Waals surface area (Å²) in [7, 11) is 3.35. The van der Waals surface area contributed by atoms with E-state index in [1.54, 1.807) is 6.92 Å². The van der Waals surface area contributed by atoms with Gasteiger partial charge < -0.3 is 11.1 Å². The van der Waals surface area contributed by atoms with Crippen LogP contribution in [0.4, 0.5) is 0 Å². The van der Waals surface area contributed by atoms with Gasteiger partial charge in [-0.2, -0.15) is 0 Å². The summed E-state index contributed by atoms with van der Waals surface area (Å²) in [6.07, 6.45) is 0. The lowest BCUT2D eigenvalue weighted by Crippen LogP contribution is -2.21. The first-order valence-electron chi connectivity index (χ1n) is 4.41. The highest BCUT2D eigenvalue weighted by Gasteiger charge is 2.03. The molecule has 3 nitrogen and oxygen atoms in total. The quantitative estimate of drug-likeness (QED) is 0.675. The molecule has 12 heavy (non-hydrogen) atoms. The van der Waals surface area contributed by atoms with Crippen LogP contribution in [0.5, 0.6) is 0 Å². The molecular weight excluding hydrogens is 152 g/mol. The zero-order valence-electron chi connectivity index (χ0n) is 9.27. The van der Waals surface area contributed by atoms with Gasteiger partial charge in [0.1, 0.15) is 5.78 Å². The van der Waals surface area contributed by atoms with Crippen molar-refractivity contribution in [2.24, 2.45) is 11.7 Å². The number of rotatable bonds is 3. The number of ketones is 1. The van der Waals surface area contributed by atoms with Crippen molar-refractivity contribution in [3.8, 4) is 0 Å². The van der Waals surface area contributed by atoms with Crippen LogP contribution in [0.3, 0.4) is 0 Å². The first kappa shape index (κ1) is 17.6. The SMILES string of the molecule is CC.CN.CNCC(C)C(C)=O. The number of nitrogens with one attached hydrogen (secondary N) is 1. The summed E-state index contributed by atoms with van der Waals surface area (Å²) in [6.45, 7) is 8.32. The third-order valence-corrected chi connectivity index (χ3v) is 1.20. The first-order valence-corrected chi connectivity index (χ1v) is 4.41. The molecule has 1 unspecified atom stereocenters. The van der Waals surface area contributed by atoms with Crippen molar-refractivity contribution in [1.29, 1.82) is 0 Å². The molecule has 0 amide bonds. The molecule has 0 aliphatic heterocycles. The maximum Gasteiger partial charge on any atom is 0.133 e. The molecule has 0 saturated heterocycles. The summed E-state index contributed by atoms with van der Waals surface area (Å²) in [5.41, 5.74) is 4.50. The molecule has 0 aromatic heterocycles. The lowest BCUT2D eigenvalue weighted by atomic mass is 10.1. The Hall–Kier alpha value is -0.410. The zero-order valence-corrected chi connectivity index (χ0v) is 9.27. The first-order chi connectivity index (χ1) is 5.68. The summed E-state index contributed by atoms with van der Waals surface area (Å²) in [5.74, 6) is 0.416. The highest BCUT2D eigenvalue weighted by atomic mass is 16.1. The van der Waals surface area contributed by atoms with Gasteiger partial charge in [0.25, 0.3) is 0 Å². The molecule has 0 bridgehead atoms. The highest BCUT2D eigenvalue weighted by Crippen LogP contribution is 1.91. The van der Waals surface area contributed by atoms with E-state index in [0.29, 0.717) is 0 Å². The summed E-state index contributed by atoms with van der Waals surface area (Å²) < 4.78 is 0. The Balaban J connectivity index is -0.000000175. The molecule has 1 atom stereocenters. The molecule has 76 valence electrons. The summed E-state index contributed by atoms with van der Waals surface area (Å²) in [5, 5.41) is 2.93. The number of Topliss-reactive ketones (excluding diaryl/α,β-unsaturated/α-hetero) is 1. The minimum absolute atomic E-state index is 0.167. The number of carbonyl (C=O) groups excluding carboxylic acids is 1. The highest BCUT2D eigenvalue weighted by molar-refractivity contribution is 5.78. The van der Waals surface area contributed by atoms with Crippen LogP contribution in [0.25, 0.3) is 0 Å². The Morgan fingerprint density at radius 1 is 1.42 bits per heavy atom. The number of hydrogen-bond donors (Lipinski definition) is 2. The van der Waals surface area contributed by atoms with Gasteiger partial charge in [-0.05, 0) is 21.0 Å². The van der Waals surface area contributed by atoms with Crippen LogP contribution in [-0.4, -0.2) is 26.4 Å². The molecule has 0 saturated carbocycles. The molecule has 3 heteroatoms. The predicted octanol–water partition coefficient (Wildman–Crippen LogP) is 1.03. The van der Waals surface area contributed by atoms with Gasteiger partial charge in [0.2, 0.25) is 0 Å². The van der Waals surface area contributed by atoms with Crippen LogP contribution in [0.15, 0.2) is 0 Å². The van der Waals surface area contributed by atoms with E-state index in [9.17, 15) is 4.79 Å². The van der Waals surface area contributed by atoms with Gasteiger partial charge in [-0.15, -0.1) is 0 Å². The fourth-order valence-electron chi connectivity index (χ4n) is 0.450. The van der Waals surface area contributed by atoms with Gasteiger partial charge in [-0.3, -0.25) is 4.79 Å². The van der Waals surface area contributed by atoms with E-state index in [1.165, 1.54) is 7.05 Å². The normalized spacial score (nSPS) is 9.92. The van der Waals surface area contributed by atoms with E-state index in [1.807, 2.05) is 27.8 Å². The minimum atomic E-state index is 0.167. The second-order valence-corrected chi connectivity index (χ2v) is 2.07. The molecular formula is C9H24N2O. The largest absolute Gasteiger partial charge is 0.333 e. The molecule has 0 aromatic rings. The van der Waals surface area contributed by atoms with E-state index in [4.69, 9.17) is 0 Å². The van der Waals surface area contributed by atoms with E-state index in [2.05, 4.69) is 11.1 Å². The maximum atomic E-state index is 10.5. The average Bonchev–Trinajstić information content (AvgIpc) is 2.12. The Morgan fingerprint density at radius 3 is 1.83 bits per heavy atom. The van der Waals surface area contributed by atoms with Crippen molar-refractivity contribution in [2.45, 2.75) is 27.7 Å². The topological polar surface area (TPSA) is 55.1 Å². The van der Waals surface area contributed by atoms with Gasteiger partial charge in [0.05, 0.1) is 0 Å². The Kier molecular flexibility index (Phi) is 24.8. The third kappa shape index (κ3) is 16.3. The van der Waals surface area contributed by atoms with E-state index < -0.39 is 0 Å². The van der Waals surface area contributed by atoms with Crippen LogP contribution >= 0.6 is 0 Å². The molecule has 0 rings (SSSR count). The molecule has 0 fully saturated rings. The van der Waals surface area contributed by atoms with Crippen LogP contribution < -0.4 is 11.1 Å².